The zero-order valence-corrected chi connectivity index (χ0v) is 11.0. The Morgan fingerprint density at radius 2 is 1.75 bits per heavy atom. The molecule has 1 aromatic rings. The molecule has 0 aromatic heterocycles. The molecule has 2 saturated carbocycles. The maximum Gasteiger partial charge on any atom is 0.311 e. The number of carbonyl (C=O) groups excluding carboxylic acids is 1. The van der Waals surface area contributed by atoms with Crippen LogP contribution in [0.15, 0.2) is 24.3 Å². The summed E-state index contributed by atoms with van der Waals surface area (Å²) in [5.41, 5.74) is -0.534. The fraction of sp³-hybridized carbons (Fsp3) is 0.467. The molecule has 2 aliphatic carbocycles. The van der Waals surface area contributed by atoms with E-state index < -0.39 is 16.8 Å². The summed E-state index contributed by atoms with van der Waals surface area (Å²) in [6.07, 6.45) is 2.69. The first kappa shape index (κ1) is 13.1. The lowest BCUT2D eigenvalue weighted by atomic mass is 9.94. The minimum atomic E-state index is -0.843. The fourth-order valence-electron chi connectivity index (χ4n) is 2.58. The van der Waals surface area contributed by atoms with Crippen LogP contribution in [0.4, 0.5) is 4.39 Å². The van der Waals surface area contributed by atoms with Gasteiger partial charge >= 0.3 is 5.97 Å². The Kier molecular flexibility index (Phi) is 2.81. The molecule has 2 fully saturated rings. The molecule has 0 radical (unpaired) electrons. The smallest absolute Gasteiger partial charge is 0.311 e. The maximum absolute atomic E-state index is 12.9. The first-order chi connectivity index (χ1) is 9.48. The first-order valence-corrected chi connectivity index (χ1v) is 6.76. The van der Waals surface area contributed by atoms with Crippen LogP contribution in [0.5, 0.6) is 0 Å². The van der Waals surface area contributed by atoms with Crippen molar-refractivity contribution in [2.75, 3.05) is 6.54 Å². The third kappa shape index (κ3) is 2.07. The predicted octanol–water partition coefficient (Wildman–Crippen LogP) is 1.84. The molecular weight excluding hydrogens is 261 g/mol. The number of hydrogen-bond acceptors (Lipinski definition) is 2. The van der Waals surface area contributed by atoms with Gasteiger partial charge in [0.1, 0.15) is 5.82 Å². The van der Waals surface area contributed by atoms with Crippen molar-refractivity contribution in [3.63, 3.8) is 0 Å². The number of carbonyl (C=O) groups is 2. The lowest BCUT2D eigenvalue weighted by Crippen LogP contribution is -2.40. The molecular formula is C15H16FNO3. The van der Waals surface area contributed by atoms with E-state index in [0.29, 0.717) is 12.8 Å². The Morgan fingerprint density at radius 3 is 2.20 bits per heavy atom. The van der Waals surface area contributed by atoms with E-state index in [1.807, 2.05) is 0 Å². The van der Waals surface area contributed by atoms with Crippen molar-refractivity contribution in [3.8, 4) is 0 Å². The Balaban J connectivity index is 1.68. The number of rotatable bonds is 5. The van der Waals surface area contributed by atoms with Gasteiger partial charge in [-0.05, 0) is 43.4 Å². The van der Waals surface area contributed by atoms with Crippen molar-refractivity contribution in [3.05, 3.63) is 35.6 Å². The van der Waals surface area contributed by atoms with Crippen LogP contribution in [0.25, 0.3) is 0 Å². The fourth-order valence-corrected chi connectivity index (χ4v) is 2.58. The number of amides is 1. The lowest BCUT2D eigenvalue weighted by molar-refractivity contribution is -0.143. The molecule has 0 spiro atoms. The van der Waals surface area contributed by atoms with Gasteiger partial charge in [-0.2, -0.15) is 0 Å². The Labute approximate surface area is 116 Å². The number of hydrogen-bond donors (Lipinski definition) is 2. The third-order valence-electron chi connectivity index (χ3n) is 4.48. The van der Waals surface area contributed by atoms with Gasteiger partial charge in [0.15, 0.2) is 0 Å². The second-order valence-electron chi connectivity index (χ2n) is 5.86. The molecule has 1 aromatic carbocycles. The molecule has 0 unspecified atom stereocenters. The second-order valence-corrected chi connectivity index (χ2v) is 5.86. The van der Waals surface area contributed by atoms with Crippen molar-refractivity contribution in [1.82, 2.24) is 5.32 Å². The molecule has 0 saturated heterocycles. The molecule has 2 aliphatic rings. The van der Waals surface area contributed by atoms with Gasteiger partial charge in [0.2, 0.25) is 5.91 Å². The van der Waals surface area contributed by atoms with Gasteiger partial charge in [0.25, 0.3) is 0 Å². The van der Waals surface area contributed by atoms with Crippen LogP contribution in [0.3, 0.4) is 0 Å². The molecule has 106 valence electrons. The van der Waals surface area contributed by atoms with Crippen LogP contribution in [0.1, 0.15) is 31.2 Å². The summed E-state index contributed by atoms with van der Waals surface area (Å²) in [5.74, 6) is -1.31. The summed E-state index contributed by atoms with van der Waals surface area (Å²) >= 11 is 0. The van der Waals surface area contributed by atoms with Crippen molar-refractivity contribution >= 4 is 11.9 Å². The highest BCUT2D eigenvalue weighted by atomic mass is 19.1. The number of nitrogens with one attached hydrogen (secondary N) is 1. The van der Waals surface area contributed by atoms with Gasteiger partial charge in [-0.3, -0.25) is 9.59 Å². The van der Waals surface area contributed by atoms with Crippen LogP contribution in [-0.4, -0.2) is 23.5 Å². The first-order valence-electron chi connectivity index (χ1n) is 6.76. The van der Waals surface area contributed by atoms with E-state index in [1.165, 1.54) is 12.1 Å². The largest absolute Gasteiger partial charge is 0.481 e. The highest BCUT2D eigenvalue weighted by molar-refractivity contribution is 5.92. The predicted molar refractivity (Wildman–Crippen MR) is 69.6 cm³/mol. The van der Waals surface area contributed by atoms with Gasteiger partial charge in [-0.1, -0.05) is 12.1 Å². The van der Waals surface area contributed by atoms with Gasteiger partial charge in [-0.25, -0.2) is 4.39 Å². The highest BCUT2D eigenvalue weighted by Gasteiger charge is 2.54. The molecule has 1 amide bonds. The number of benzene rings is 1. The van der Waals surface area contributed by atoms with E-state index >= 15 is 0 Å². The number of carboxylic acid groups (broad SMARTS) is 1. The van der Waals surface area contributed by atoms with Crippen LogP contribution < -0.4 is 5.32 Å². The minimum Gasteiger partial charge on any atom is -0.481 e. The monoisotopic (exact) mass is 277 g/mol. The molecule has 0 bridgehead atoms. The number of halogens is 1. The highest BCUT2D eigenvalue weighted by Crippen LogP contribution is 2.49. The number of aliphatic carboxylic acids is 1. The molecule has 3 rings (SSSR count). The van der Waals surface area contributed by atoms with Crippen LogP contribution in [-0.2, 0) is 15.0 Å². The minimum absolute atomic E-state index is 0.142. The van der Waals surface area contributed by atoms with Crippen LogP contribution in [0.2, 0.25) is 0 Å². The van der Waals surface area contributed by atoms with Crippen LogP contribution >= 0.6 is 0 Å². The molecule has 0 aliphatic heterocycles. The summed E-state index contributed by atoms with van der Waals surface area (Å²) in [6, 6.07) is 5.96. The summed E-state index contributed by atoms with van der Waals surface area (Å²) in [5, 5.41) is 11.9. The van der Waals surface area contributed by atoms with Crippen LogP contribution in [0, 0.1) is 11.2 Å². The van der Waals surface area contributed by atoms with Gasteiger partial charge in [-0.15, -0.1) is 0 Å². The SMILES string of the molecule is O=C(O)C1(CNC(=O)C2(c3ccc(F)cc3)CC2)CC1. The Hall–Kier alpha value is -1.91. The van der Waals surface area contributed by atoms with Gasteiger partial charge < -0.3 is 10.4 Å². The van der Waals surface area contributed by atoms with Crippen molar-refractivity contribution in [2.24, 2.45) is 5.41 Å². The molecule has 20 heavy (non-hydrogen) atoms. The Morgan fingerprint density at radius 1 is 1.15 bits per heavy atom. The van der Waals surface area contributed by atoms with Crippen molar-refractivity contribution in [1.29, 1.82) is 0 Å². The normalized spacial score (nSPS) is 21.1. The molecule has 5 heteroatoms. The van der Waals surface area contributed by atoms with Gasteiger partial charge in [0, 0.05) is 6.54 Å². The Bertz CT molecular complexity index is 559. The second kappa shape index (κ2) is 4.30. The maximum atomic E-state index is 12.9. The molecule has 0 atom stereocenters. The zero-order chi connectivity index (χ0) is 14.4. The summed E-state index contributed by atoms with van der Waals surface area (Å²) < 4.78 is 12.9. The standard InChI is InChI=1S/C15H16FNO3/c16-11-3-1-10(2-4-11)15(7-8-15)12(18)17-9-14(5-6-14)13(19)20/h1-4H,5-9H2,(H,17,18)(H,19,20). The summed E-state index contributed by atoms with van der Waals surface area (Å²) in [6.45, 7) is 0.185. The van der Waals surface area contributed by atoms with E-state index in [-0.39, 0.29) is 18.3 Å². The van der Waals surface area contributed by atoms with E-state index in [1.54, 1.807) is 12.1 Å². The molecule has 0 heterocycles. The molecule has 4 nitrogen and oxygen atoms in total. The zero-order valence-electron chi connectivity index (χ0n) is 11.0. The van der Waals surface area contributed by atoms with E-state index in [0.717, 1.165) is 18.4 Å². The van der Waals surface area contributed by atoms with E-state index in [9.17, 15) is 14.0 Å². The lowest BCUT2D eigenvalue weighted by Gasteiger charge is -2.18. The topological polar surface area (TPSA) is 66.4 Å². The number of carboxylic acids is 1. The molecule has 2 N–H and O–H groups in total. The third-order valence-corrected chi connectivity index (χ3v) is 4.48. The van der Waals surface area contributed by atoms with Crippen molar-refractivity contribution in [2.45, 2.75) is 31.1 Å². The van der Waals surface area contributed by atoms with Crippen molar-refractivity contribution < 1.29 is 19.1 Å². The quantitative estimate of drug-likeness (QED) is 0.863. The average molecular weight is 277 g/mol. The average Bonchev–Trinajstić information content (AvgIpc) is 3.31. The van der Waals surface area contributed by atoms with Gasteiger partial charge in [0.05, 0.1) is 10.8 Å². The summed E-state index contributed by atoms with van der Waals surface area (Å²) in [7, 11) is 0. The summed E-state index contributed by atoms with van der Waals surface area (Å²) in [4.78, 5) is 23.4. The van der Waals surface area contributed by atoms with E-state index in [4.69, 9.17) is 5.11 Å². The van der Waals surface area contributed by atoms with E-state index in [2.05, 4.69) is 5.32 Å².